The van der Waals surface area contributed by atoms with E-state index < -0.39 is 17.7 Å². The Bertz CT molecular complexity index is 628. The minimum absolute atomic E-state index is 0.432. The second-order valence-electron chi connectivity index (χ2n) is 5.51. The fourth-order valence-electron chi connectivity index (χ4n) is 1.95. The molecule has 0 aliphatic carbocycles. The highest BCUT2D eigenvalue weighted by Crippen LogP contribution is 2.32. The molecule has 0 saturated carbocycles. The number of esters is 1. The standard InChI is InChI=1S/C15H17BO3S/c1-15(2,3)19-12(14(17)18-4)13-11(16)9-7-5-6-8-10(9)20-13/h5-8,12H,1-4H3. The second kappa shape index (κ2) is 5.58. The largest absolute Gasteiger partial charge is 0.467 e. The first-order chi connectivity index (χ1) is 9.33. The Morgan fingerprint density at radius 2 is 1.95 bits per heavy atom. The van der Waals surface area contributed by atoms with Crippen LogP contribution >= 0.6 is 11.3 Å². The number of thiophene rings is 1. The molecule has 104 valence electrons. The van der Waals surface area contributed by atoms with Crippen molar-refractivity contribution in [2.45, 2.75) is 32.5 Å². The predicted octanol–water partition coefficient (Wildman–Crippen LogP) is 2.72. The maximum Gasteiger partial charge on any atom is 0.340 e. The average molecular weight is 288 g/mol. The van der Waals surface area contributed by atoms with Crippen LogP contribution in [0, 0.1) is 0 Å². The molecule has 0 saturated heterocycles. The van der Waals surface area contributed by atoms with Crippen LogP contribution in [0.5, 0.6) is 0 Å². The van der Waals surface area contributed by atoms with Gasteiger partial charge in [-0.15, -0.1) is 11.3 Å². The zero-order valence-corrected chi connectivity index (χ0v) is 12.9. The summed E-state index contributed by atoms with van der Waals surface area (Å²) < 4.78 is 11.7. The van der Waals surface area contributed by atoms with Crippen molar-refractivity contribution in [1.29, 1.82) is 0 Å². The topological polar surface area (TPSA) is 35.5 Å². The Kier molecular flexibility index (Phi) is 4.21. The lowest BCUT2D eigenvalue weighted by molar-refractivity contribution is -0.163. The number of benzene rings is 1. The summed E-state index contributed by atoms with van der Waals surface area (Å²) in [5, 5.41) is 0.943. The molecule has 1 unspecified atom stereocenters. The molecule has 1 atom stereocenters. The van der Waals surface area contributed by atoms with E-state index in [-0.39, 0.29) is 0 Å². The third-order valence-corrected chi connectivity index (χ3v) is 4.02. The highest BCUT2D eigenvalue weighted by atomic mass is 32.1. The number of ether oxygens (including phenoxy) is 2. The van der Waals surface area contributed by atoms with Crippen molar-refractivity contribution in [3.63, 3.8) is 0 Å². The minimum Gasteiger partial charge on any atom is -0.467 e. The van der Waals surface area contributed by atoms with Gasteiger partial charge in [-0.3, -0.25) is 0 Å². The van der Waals surface area contributed by atoms with Crippen molar-refractivity contribution in [2.24, 2.45) is 0 Å². The van der Waals surface area contributed by atoms with Crippen LogP contribution in [0.25, 0.3) is 10.1 Å². The van der Waals surface area contributed by atoms with Gasteiger partial charge >= 0.3 is 5.97 Å². The molecule has 0 amide bonds. The van der Waals surface area contributed by atoms with Gasteiger partial charge in [0.1, 0.15) is 7.85 Å². The molecule has 0 N–H and O–H groups in total. The van der Waals surface area contributed by atoms with Crippen LogP contribution in [0.1, 0.15) is 31.8 Å². The molecule has 0 aliphatic heterocycles. The number of rotatable bonds is 3. The molecule has 2 aromatic rings. The zero-order valence-electron chi connectivity index (χ0n) is 12.1. The highest BCUT2D eigenvalue weighted by molar-refractivity contribution is 7.20. The Morgan fingerprint density at radius 3 is 2.50 bits per heavy atom. The molecular formula is C15H17BO3S. The molecule has 1 aromatic carbocycles. The van der Waals surface area contributed by atoms with E-state index in [0.29, 0.717) is 10.3 Å². The Balaban J connectivity index is 2.50. The van der Waals surface area contributed by atoms with Crippen LogP contribution < -0.4 is 5.46 Å². The quantitative estimate of drug-likeness (QED) is 0.643. The fraction of sp³-hybridized carbons (Fsp3) is 0.400. The lowest BCUT2D eigenvalue weighted by Gasteiger charge is -2.25. The Morgan fingerprint density at radius 1 is 1.30 bits per heavy atom. The van der Waals surface area contributed by atoms with Gasteiger partial charge in [0.25, 0.3) is 0 Å². The maximum absolute atomic E-state index is 12.0. The fourth-order valence-corrected chi connectivity index (χ4v) is 3.09. The van der Waals surface area contributed by atoms with Gasteiger partial charge in [0.2, 0.25) is 0 Å². The summed E-state index contributed by atoms with van der Waals surface area (Å²) in [6.45, 7) is 5.69. The van der Waals surface area contributed by atoms with Crippen LogP contribution in [0.3, 0.4) is 0 Å². The van der Waals surface area contributed by atoms with E-state index in [1.165, 1.54) is 18.4 Å². The van der Waals surface area contributed by atoms with Crippen LogP contribution in [0.4, 0.5) is 0 Å². The van der Waals surface area contributed by atoms with Crippen molar-refractivity contribution >= 4 is 40.7 Å². The number of carbonyl (C=O) groups excluding carboxylic acids is 1. The van der Waals surface area contributed by atoms with Crippen LogP contribution in [0.15, 0.2) is 24.3 Å². The van der Waals surface area contributed by atoms with E-state index in [1.807, 2.05) is 45.0 Å². The number of hydrogen-bond acceptors (Lipinski definition) is 4. The molecule has 20 heavy (non-hydrogen) atoms. The van der Waals surface area contributed by atoms with Crippen LogP contribution in [-0.4, -0.2) is 26.5 Å². The molecule has 0 aliphatic rings. The van der Waals surface area contributed by atoms with Crippen LogP contribution in [0.2, 0.25) is 0 Å². The van der Waals surface area contributed by atoms with Gasteiger partial charge in [0.05, 0.1) is 12.7 Å². The first-order valence-corrected chi connectivity index (χ1v) is 7.17. The molecule has 5 heteroatoms. The third-order valence-electron chi connectivity index (χ3n) is 2.79. The first-order valence-electron chi connectivity index (χ1n) is 6.36. The molecule has 0 spiro atoms. The van der Waals surface area contributed by atoms with Gasteiger partial charge in [-0.25, -0.2) is 4.79 Å². The highest BCUT2D eigenvalue weighted by Gasteiger charge is 2.30. The summed E-state index contributed by atoms with van der Waals surface area (Å²) in [6, 6.07) is 7.79. The van der Waals surface area contributed by atoms with E-state index in [4.69, 9.17) is 17.3 Å². The number of fused-ring (bicyclic) bond motifs is 1. The SMILES string of the molecule is [B]c1c(C(OC(C)(C)C)C(=O)OC)sc2ccccc12. The average Bonchev–Trinajstić information content (AvgIpc) is 2.72. The normalized spacial score (nSPS) is 13.4. The van der Waals surface area contributed by atoms with E-state index in [0.717, 1.165) is 10.1 Å². The molecule has 0 fully saturated rings. The van der Waals surface area contributed by atoms with Gasteiger partial charge in [-0.1, -0.05) is 23.7 Å². The summed E-state index contributed by atoms with van der Waals surface area (Å²) in [4.78, 5) is 12.7. The van der Waals surface area contributed by atoms with E-state index >= 15 is 0 Å². The third kappa shape index (κ3) is 3.05. The van der Waals surface area contributed by atoms with Crippen molar-refractivity contribution in [3.8, 4) is 0 Å². The zero-order chi connectivity index (χ0) is 14.9. The summed E-state index contributed by atoms with van der Waals surface area (Å²) in [6.07, 6.45) is -0.794. The minimum atomic E-state index is -0.794. The van der Waals surface area contributed by atoms with Crippen molar-refractivity contribution < 1.29 is 14.3 Å². The molecule has 2 rings (SSSR count). The van der Waals surface area contributed by atoms with Gasteiger partial charge < -0.3 is 9.47 Å². The smallest absolute Gasteiger partial charge is 0.340 e. The number of methoxy groups -OCH3 is 1. The number of carbonyl (C=O) groups is 1. The molecular weight excluding hydrogens is 271 g/mol. The predicted molar refractivity (Wildman–Crippen MR) is 82.8 cm³/mol. The van der Waals surface area contributed by atoms with E-state index in [9.17, 15) is 4.79 Å². The maximum atomic E-state index is 12.0. The van der Waals surface area contributed by atoms with Crippen molar-refractivity contribution in [3.05, 3.63) is 29.1 Å². The number of hydrogen-bond donors (Lipinski definition) is 0. The second-order valence-corrected chi connectivity index (χ2v) is 6.59. The van der Waals surface area contributed by atoms with E-state index in [2.05, 4.69) is 0 Å². The molecule has 1 heterocycles. The molecule has 3 nitrogen and oxygen atoms in total. The van der Waals surface area contributed by atoms with Crippen LogP contribution in [-0.2, 0) is 14.3 Å². The summed E-state index contributed by atoms with van der Waals surface area (Å²) >= 11 is 1.47. The molecule has 2 radical (unpaired) electrons. The Hall–Kier alpha value is -1.33. The van der Waals surface area contributed by atoms with E-state index in [1.54, 1.807) is 0 Å². The van der Waals surface area contributed by atoms with Gasteiger partial charge in [0.15, 0.2) is 6.10 Å². The van der Waals surface area contributed by atoms with Gasteiger partial charge in [-0.05, 0) is 32.2 Å². The summed E-state index contributed by atoms with van der Waals surface area (Å²) in [5.74, 6) is -0.432. The van der Waals surface area contributed by atoms with Gasteiger partial charge in [-0.2, -0.15) is 0 Å². The lowest BCUT2D eigenvalue weighted by Crippen LogP contribution is -2.30. The van der Waals surface area contributed by atoms with Crippen molar-refractivity contribution in [2.75, 3.05) is 7.11 Å². The van der Waals surface area contributed by atoms with Crippen molar-refractivity contribution in [1.82, 2.24) is 0 Å². The molecule has 1 aromatic heterocycles. The summed E-state index contributed by atoms with van der Waals surface area (Å²) in [5.41, 5.74) is 0.117. The molecule has 0 bridgehead atoms. The summed E-state index contributed by atoms with van der Waals surface area (Å²) in [7, 11) is 7.53. The van der Waals surface area contributed by atoms with Gasteiger partial charge in [0, 0.05) is 9.58 Å². The lowest BCUT2D eigenvalue weighted by atomic mass is 9.91. The Labute approximate surface area is 124 Å². The monoisotopic (exact) mass is 288 g/mol. The first kappa shape index (κ1) is 15.1.